The number of nitrogens with zero attached hydrogens (tertiary/aromatic N) is 2. The molecule has 0 unspecified atom stereocenters. The second kappa shape index (κ2) is 9.71. The third-order valence-corrected chi connectivity index (χ3v) is 9.19. The number of fused-ring (bicyclic) bond motifs is 1. The van der Waals surface area contributed by atoms with Gasteiger partial charge in [0.05, 0.1) is 0 Å². The fourth-order valence-electron chi connectivity index (χ4n) is 5.14. The third-order valence-electron chi connectivity index (χ3n) is 7.40. The van der Waals surface area contributed by atoms with Gasteiger partial charge in [-0.05, 0) is 73.3 Å². The highest BCUT2D eigenvalue weighted by Crippen LogP contribution is 2.41. The lowest BCUT2D eigenvalue weighted by molar-refractivity contribution is -0.119. The molecule has 2 aromatic heterocycles. The molecule has 0 bridgehead atoms. The van der Waals surface area contributed by atoms with E-state index < -0.39 is 0 Å². The van der Waals surface area contributed by atoms with Crippen LogP contribution in [0.15, 0.2) is 6.07 Å². The van der Waals surface area contributed by atoms with Crippen molar-refractivity contribution < 1.29 is 9.59 Å². The number of Topliss-reactive ketones (excluding diaryl/α,β-unsaturated/α-hetero) is 2. The van der Waals surface area contributed by atoms with E-state index in [2.05, 4.69) is 5.10 Å². The van der Waals surface area contributed by atoms with Gasteiger partial charge in [0.15, 0.2) is 10.9 Å². The van der Waals surface area contributed by atoms with Crippen molar-refractivity contribution in [3.8, 4) is 0 Å². The summed E-state index contributed by atoms with van der Waals surface area (Å²) in [5, 5.41) is 4.71. The van der Waals surface area contributed by atoms with Gasteiger partial charge in [0.1, 0.15) is 5.78 Å². The lowest BCUT2D eigenvalue weighted by atomic mass is 9.82. The predicted molar refractivity (Wildman–Crippen MR) is 137 cm³/mol. The fraction of sp³-hybridized carbons (Fsp3) is 0.615. The molecule has 0 N–H and O–H groups in total. The van der Waals surface area contributed by atoms with Crippen LogP contribution in [0.2, 0.25) is 5.15 Å². The molecule has 2 fully saturated rings. The van der Waals surface area contributed by atoms with Crippen LogP contribution in [-0.2, 0) is 37.5 Å². The van der Waals surface area contributed by atoms with Crippen LogP contribution in [0.1, 0.15) is 82.7 Å². The zero-order chi connectivity index (χ0) is 23.1. The average Bonchev–Trinajstić information content (AvgIpc) is 3.68. The molecule has 2 heterocycles. The molecule has 0 aromatic carbocycles. The summed E-state index contributed by atoms with van der Waals surface area (Å²) in [6.07, 6.45) is 11.2. The van der Waals surface area contributed by atoms with Crippen molar-refractivity contribution in [3.63, 3.8) is 0 Å². The van der Waals surface area contributed by atoms with Crippen LogP contribution < -0.4 is 0 Å². The lowest BCUT2D eigenvalue weighted by Gasteiger charge is -2.23. The normalized spacial score (nSPS) is 20.0. The van der Waals surface area contributed by atoms with Crippen LogP contribution >= 0.6 is 35.2 Å². The van der Waals surface area contributed by atoms with E-state index in [1.54, 1.807) is 16.0 Å². The Balaban J connectivity index is 1.31. The second-order valence-electron chi connectivity index (χ2n) is 10.2. The minimum Gasteiger partial charge on any atom is -0.299 e. The van der Waals surface area contributed by atoms with Gasteiger partial charge in [0.25, 0.3) is 0 Å². The quantitative estimate of drug-likeness (QED) is 0.273. The molecule has 0 spiro atoms. The number of hydrogen-bond acceptors (Lipinski definition) is 5. The minimum absolute atomic E-state index is 0.240. The molecule has 5 rings (SSSR count). The lowest BCUT2D eigenvalue weighted by Crippen LogP contribution is -2.19. The Morgan fingerprint density at radius 2 is 1.97 bits per heavy atom. The number of thiophene rings is 1. The van der Waals surface area contributed by atoms with Crippen molar-refractivity contribution >= 4 is 51.6 Å². The van der Waals surface area contributed by atoms with Crippen LogP contribution in [-0.4, -0.2) is 26.2 Å². The Morgan fingerprint density at radius 3 is 2.64 bits per heavy atom. The molecular formula is C26H31ClN2O2S2. The number of aryl methyl sites for hydroxylation is 2. The van der Waals surface area contributed by atoms with Crippen LogP contribution in [0.25, 0.3) is 0 Å². The summed E-state index contributed by atoms with van der Waals surface area (Å²) in [6, 6.07) is 1.88. The minimum atomic E-state index is 0.240. The van der Waals surface area contributed by atoms with Gasteiger partial charge in [-0.25, -0.2) is 0 Å². The summed E-state index contributed by atoms with van der Waals surface area (Å²) in [4.78, 5) is 29.4. The maximum Gasteiger partial charge on any atom is 0.164 e. The summed E-state index contributed by atoms with van der Waals surface area (Å²) in [6.45, 7) is 0. The molecule has 7 heteroatoms. The first kappa shape index (κ1) is 23.4. The Bertz CT molecular complexity index is 1090. The summed E-state index contributed by atoms with van der Waals surface area (Å²) in [7, 11) is 1.89. The van der Waals surface area contributed by atoms with E-state index in [1.165, 1.54) is 23.3 Å². The topological polar surface area (TPSA) is 52.0 Å². The van der Waals surface area contributed by atoms with Gasteiger partial charge >= 0.3 is 0 Å². The van der Waals surface area contributed by atoms with E-state index >= 15 is 0 Å². The monoisotopic (exact) mass is 502 g/mol. The molecule has 3 aliphatic carbocycles. The zero-order valence-corrected chi connectivity index (χ0v) is 21.6. The molecule has 0 amide bonds. The summed E-state index contributed by atoms with van der Waals surface area (Å²) in [5.74, 6) is 2.03. The molecule has 1 atom stereocenters. The van der Waals surface area contributed by atoms with Crippen molar-refractivity contribution in [2.24, 2.45) is 24.8 Å². The largest absolute Gasteiger partial charge is 0.299 e. The first-order valence-electron chi connectivity index (χ1n) is 12.3. The van der Waals surface area contributed by atoms with Crippen LogP contribution in [0.5, 0.6) is 0 Å². The fourth-order valence-corrected chi connectivity index (χ4v) is 7.14. The van der Waals surface area contributed by atoms with E-state index in [9.17, 15) is 9.59 Å². The second-order valence-corrected chi connectivity index (χ2v) is 12.4. The predicted octanol–water partition coefficient (Wildman–Crippen LogP) is 6.14. The van der Waals surface area contributed by atoms with Gasteiger partial charge in [0, 0.05) is 53.2 Å². The van der Waals surface area contributed by atoms with Gasteiger partial charge in [-0.2, -0.15) is 5.10 Å². The Kier molecular flexibility index (Phi) is 6.88. The van der Waals surface area contributed by atoms with Crippen molar-refractivity contribution in [2.75, 3.05) is 0 Å². The number of thiocarbonyl (C=S) groups is 1. The molecule has 33 heavy (non-hydrogen) atoms. The number of carbonyl (C=O) groups is 2. The molecular weight excluding hydrogens is 472 g/mol. The molecule has 3 aliphatic rings. The summed E-state index contributed by atoms with van der Waals surface area (Å²) >= 11 is 13.5. The standard InChI is InChI=1S/C26H31ClN2O2S2/c1-29-18(13-25(27)28-29)12-19(32)10-16-5-9-23-20(11-16)26(21(30)8-4-15-2-3-15)24(33-23)14-22(31)17-6-7-17/h13,15-17H,2-12,14H2,1H3/t16-/m1/s1. The van der Waals surface area contributed by atoms with E-state index in [4.69, 9.17) is 23.8 Å². The molecule has 2 saturated carbocycles. The molecule has 0 radical (unpaired) electrons. The van der Waals surface area contributed by atoms with Crippen LogP contribution in [0, 0.1) is 17.8 Å². The SMILES string of the molecule is Cn1nc(Cl)cc1CC(=S)C[C@H]1CCc2sc(CC(=O)C3CC3)c(C(=O)CCC3CC3)c2C1. The van der Waals surface area contributed by atoms with Gasteiger partial charge in [-0.1, -0.05) is 36.7 Å². The number of aromatic nitrogens is 2. The first-order chi connectivity index (χ1) is 15.9. The average molecular weight is 503 g/mol. The maximum absolute atomic E-state index is 13.4. The molecule has 2 aromatic rings. The Morgan fingerprint density at radius 1 is 1.18 bits per heavy atom. The number of ketones is 2. The number of halogens is 1. The van der Waals surface area contributed by atoms with Gasteiger partial charge in [-0.15, -0.1) is 11.3 Å². The van der Waals surface area contributed by atoms with E-state index in [-0.39, 0.29) is 11.7 Å². The number of carbonyl (C=O) groups excluding carboxylic acids is 2. The molecule has 4 nitrogen and oxygen atoms in total. The smallest absolute Gasteiger partial charge is 0.164 e. The number of hydrogen-bond donors (Lipinski definition) is 0. The van der Waals surface area contributed by atoms with Gasteiger partial charge < -0.3 is 0 Å². The van der Waals surface area contributed by atoms with Gasteiger partial charge in [0.2, 0.25) is 0 Å². The Labute approximate surface area is 210 Å². The summed E-state index contributed by atoms with van der Waals surface area (Å²) < 4.78 is 1.80. The van der Waals surface area contributed by atoms with E-state index in [0.717, 1.165) is 71.9 Å². The van der Waals surface area contributed by atoms with E-state index in [0.29, 0.717) is 36.1 Å². The molecule has 176 valence electrons. The zero-order valence-electron chi connectivity index (χ0n) is 19.2. The molecule has 0 saturated heterocycles. The van der Waals surface area contributed by atoms with Gasteiger partial charge in [-0.3, -0.25) is 14.3 Å². The maximum atomic E-state index is 13.4. The van der Waals surface area contributed by atoms with Crippen molar-refractivity contribution in [2.45, 2.75) is 77.0 Å². The highest BCUT2D eigenvalue weighted by Gasteiger charge is 2.34. The highest BCUT2D eigenvalue weighted by molar-refractivity contribution is 7.80. The van der Waals surface area contributed by atoms with Crippen molar-refractivity contribution in [1.29, 1.82) is 0 Å². The highest BCUT2D eigenvalue weighted by atomic mass is 35.5. The van der Waals surface area contributed by atoms with Crippen molar-refractivity contribution in [1.82, 2.24) is 9.78 Å². The summed E-state index contributed by atoms with van der Waals surface area (Å²) in [5.41, 5.74) is 3.19. The van der Waals surface area contributed by atoms with Crippen LogP contribution in [0.4, 0.5) is 0 Å². The Hall–Kier alpha value is -1.37. The molecule has 0 aliphatic heterocycles. The van der Waals surface area contributed by atoms with Crippen molar-refractivity contribution in [3.05, 3.63) is 37.8 Å². The third kappa shape index (κ3) is 5.66. The number of rotatable bonds is 11. The van der Waals surface area contributed by atoms with E-state index in [1.807, 2.05) is 13.1 Å². The first-order valence-corrected chi connectivity index (χ1v) is 13.9. The van der Waals surface area contributed by atoms with Crippen LogP contribution in [0.3, 0.4) is 0 Å².